The summed E-state index contributed by atoms with van der Waals surface area (Å²) in [5, 5.41) is 10.8. The summed E-state index contributed by atoms with van der Waals surface area (Å²) in [5.41, 5.74) is 2.96. The van der Waals surface area contributed by atoms with E-state index in [0.717, 1.165) is 30.1 Å². The monoisotopic (exact) mass is 428 g/mol. The van der Waals surface area contributed by atoms with Crippen molar-refractivity contribution >= 4 is 0 Å². The third-order valence-electron chi connectivity index (χ3n) is 12.0. The lowest BCUT2D eigenvalue weighted by Gasteiger charge is -2.66. The summed E-state index contributed by atoms with van der Waals surface area (Å²) in [6, 6.07) is 0. The lowest BCUT2D eigenvalue weighted by atomic mass is 9.39. The maximum atomic E-state index is 10.8. The van der Waals surface area contributed by atoms with Crippen LogP contribution in [0.1, 0.15) is 120 Å². The molecule has 8 atom stereocenters. The Morgan fingerprint density at radius 3 is 2.29 bits per heavy atom. The van der Waals surface area contributed by atoms with Crippen molar-refractivity contribution < 1.29 is 5.11 Å². The van der Waals surface area contributed by atoms with Crippen LogP contribution in [0.15, 0.2) is 11.6 Å². The molecule has 0 amide bonds. The third kappa shape index (κ3) is 3.41. The zero-order chi connectivity index (χ0) is 22.8. The molecule has 0 aliphatic heterocycles. The molecule has 178 valence electrons. The molecule has 1 heteroatoms. The van der Waals surface area contributed by atoms with Gasteiger partial charge in [-0.2, -0.15) is 0 Å². The highest BCUT2D eigenvalue weighted by Crippen LogP contribution is 2.74. The highest BCUT2D eigenvalue weighted by Gasteiger charge is 2.67. The van der Waals surface area contributed by atoms with Crippen LogP contribution in [0.25, 0.3) is 0 Å². The van der Waals surface area contributed by atoms with Crippen LogP contribution in [0.5, 0.6) is 0 Å². The second-order valence-corrected chi connectivity index (χ2v) is 14.1. The van der Waals surface area contributed by atoms with Gasteiger partial charge in [-0.05, 0) is 90.8 Å². The van der Waals surface area contributed by atoms with Crippen molar-refractivity contribution in [1.82, 2.24) is 0 Å². The number of fused-ring (bicyclic) bond motifs is 5. The first kappa shape index (κ1) is 23.8. The Labute approximate surface area is 193 Å². The molecule has 0 radical (unpaired) electrons. The van der Waals surface area contributed by atoms with Crippen LogP contribution in [0, 0.1) is 51.2 Å². The fourth-order valence-corrected chi connectivity index (χ4v) is 9.68. The molecule has 3 saturated carbocycles. The van der Waals surface area contributed by atoms with Crippen molar-refractivity contribution in [3.8, 4) is 0 Å². The van der Waals surface area contributed by atoms with Gasteiger partial charge in [0.05, 0.1) is 6.10 Å². The topological polar surface area (TPSA) is 20.2 Å². The Kier molecular flexibility index (Phi) is 6.07. The first-order valence-corrected chi connectivity index (χ1v) is 13.8. The fourth-order valence-electron chi connectivity index (χ4n) is 9.68. The van der Waals surface area contributed by atoms with Gasteiger partial charge in [0.25, 0.3) is 0 Å². The molecule has 0 bridgehead atoms. The molecular weight excluding hydrogens is 376 g/mol. The molecule has 0 aromatic carbocycles. The molecule has 4 aliphatic rings. The van der Waals surface area contributed by atoms with Crippen molar-refractivity contribution in [2.75, 3.05) is 0 Å². The summed E-state index contributed by atoms with van der Waals surface area (Å²) in [7, 11) is 0. The van der Waals surface area contributed by atoms with Gasteiger partial charge in [-0.25, -0.2) is 0 Å². The largest absolute Gasteiger partial charge is 0.392 e. The Hall–Kier alpha value is -0.300. The van der Waals surface area contributed by atoms with Gasteiger partial charge in [-0.15, -0.1) is 0 Å². The molecular formula is C30H52O. The molecule has 3 unspecified atom stereocenters. The second kappa shape index (κ2) is 7.89. The van der Waals surface area contributed by atoms with Gasteiger partial charge < -0.3 is 5.11 Å². The summed E-state index contributed by atoms with van der Waals surface area (Å²) in [5.74, 6) is 4.12. The van der Waals surface area contributed by atoms with Crippen LogP contribution in [-0.2, 0) is 0 Å². The first-order valence-electron chi connectivity index (χ1n) is 13.8. The maximum absolute atomic E-state index is 10.8. The molecule has 1 nitrogen and oxygen atoms in total. The van der Waals surface area contributed by atoms with Crippen LogP contribution in [0.4, 0.5) is 0 Å². The summed E-state index contributed by atoms with van der Waals surface area (Å²) in [6.07, 6.45) is 15.8. The van der Waals surface area contributed by atoms with Crippen molar-refractivity contribution in [1.29, 1.82) is 0 Å². The van der Waals surface area contributed by atoms with Crippen LogP contribution < -0.4 is 0 Å². The number of aliphatic hydroxyl groups is 1. The lowest BCUT2D eigenvalue weighted by Crippen LogP contribution is -2.59. The fraction of sp³-hybridized carbons (Fsp3) is 0.933. The molecule has 0 aromatic rings. The second-order valence-electron chi connectivity index (χ2n) is 14.1. The van der Waals surface area contributed by atoms with E-state index >= 15 is 0 Å². The van der Waals surface area contributed by atoms with Gasteiger partial charge in [0.1, 0.15) is 0 Å². The normalized spacial score (nSPS) is 47.4. The zero-order valence-electron chi connectivity index (χ0n) is 22.1. The summed E-state index contributed by atoms with van der Waals surface area (Å²) < 4.78 is 0. The van der Waals surface area contributed by atoms with Crippen molar-refractivity contribution in [2.45, 2.75) is 126 Å². The van der Waals surface area contributed by atoms with Crippen LogP contribution >= 0.6 is 0 Å². The summed E-state index contributed by atoms with van der Waals surface area (Å²) >= 11 is 0. The van der Waals surface area contributed by atoms with Crippen molar-refractivity contribution in [2.24, 2.45) is 51.2 Å². The number of rotatable bonds is 5. The van der Waals surface area contributed by atoms with Crippen molar-refractivity contribution in [3.63, 3.8) is 0 Å². The molecule has 4 aliphatic carbocycles. The average molecular weight is 429 g/mol. The van der Waals surface area contributed by atoms with Gasteiger partial charge >= 0.3 is 0 Å². The molecule has 3 fully saturated rings. The number of allylic oxidation sites excluding steroid dienone is 1. The molecule has 0 aromatic heterocycles. The molecule has 31 heavy (non-hydrogen) atoms. The highest BCUT2D eigenvalue weighted by atomic mass is 16.3. The molecule has 4 rings (SSSR count). The number of hydrogen-bond acceptors (Lipinski definition) is 1. The summed E-state index contributed by atoms with van der Waals surface area (Å²) in [6.45, 7) is 20.0. The predicted molar refractivity (Wildman–Crippen MR) is 133 cm³/mol. The molecule has 0 heterocycles. The molecule has 1 N–H and O–H groups in total. The van der Waals surface area contributed by atoms with E-state index in [4.69, 9.17) is 0 Å². The van der Waals surface area contributed by atoms with Gasteiger partial charge in [0.15, 0.2) is 0 Å². The Morgan fingerprint density at radius 1 is 0.903 bits per heavy atom. The van der Waals surface area contributed by atoms with Crippen molar-refractivity contribution in [3.05, 3.63) is 11.6 Å². The van der Waals surface area contributed by atoms with E-state index in [9.17, 15) is 5.11 Å². The summed E-state index contributed by atoms with van der Waals surface area (Å²) in [4.78, 5) is 0. The smallest absolute Gasteiger partial charge is 0.0628 e. The van der Waals surface area contributed by atoms with Crippen LogP contribution in [-0.4, -0.2) is 11.2 Å². The standard InChI is InChI=1S/C30H52O/c1-20(2)10-9-11-21(3)22-16-17-30(8)25-14-12-23-24(13-15-26(31)27(23,4)5)28(25,6)18-19-29(22,30)7/h12,20-22,24-26,31H,9-11,13-19H2,1-8H3/t21-,22?,24?,25?,26+,28+,29-,30+/m1/s1. The van der Waals surface area contributed by atoms with Crippen LogP contribution in [0.3, 0.4) is 0 Å². The van der Waals surface area contributed by atoms with Gasteiger partial charge in [0.2, 0.25) is 0 Å². The van der Waals surface area contributed by atoms with E-state index < -0.39 is 0 Å². The van der Waals surface area contributed by atoms with E-state index in [1.165, 1.54) is 57.8 Å². The Bertz CT molecular complexity index is 703. The minimum Gasteiger partial charge on any atom is -0.392 e. The van der Waals surface area contributed by atoms with E-state index in [1.54, 1.807) is 5.57 Å². The minimum atomic E-state index is -0.165. The van der Waals surface area contributed by atoms with E-state index in [2.05, 4.69) is 61.5 Å². The Morgan fingerprint density at radius 2 is 1.61 bits per heavy atom. The number of aliphatic hydroxyl groups excluding tert-OH is 1. The van der Waals surface area contributed by atoms with Gasteiger partial charge in [-0.3, -0.25) is 0 Å². The predicted octanol–water partition coefficient (Wildman–Crippen LogP) is 8.41. The minimum absolute atomic E-state index is 0.0400. The quantitative estimate of drug-likeness (QED) is 0.436. The zero-order valence-corrected chi connectivity index (χ0v) is 22.1. The SMILES string of the molecule is CC(C)CCC[C@@H](C)C1CC[C@@]2(C)C3CC=C4C(CC[C@H](O)C4(C)C)[C@]3(C)CC[C@]12C. The van der Waals surface area contributed by atoms with Gasteiger partial charge in [0, 0.05) is 5.41 Å². The molecule has 0 spiro atoms. The van der Waals surface area contributed by atoms with E-state index in [-0.39, 0.29) is 11.5 Å². The van der Waals surface area contributed by atoms with Gasteiger partial charge in [-0.1, -0.05) is 86.3 Å². The van der Waals surface area contributed by atoms with Crippen LogP contribution in [0.2, 0.25) is 0 Å². The highest BCUT2D eigenvalue weighted by molar-refractivity contribution is 5.30. The Balaban J connectivity index is 1.60. The molecule has 0 saturated heterocycles. The maximum Gasteiger partial charge on any atom is 0.0628 e. The third-order valence-corrected chi connectivity index (χ3v) is 12.0. The number of hydrogen-bond donors (Lipinski definition) is 1. The van der Waals surface area contributed by atoms with E-state index in [0.29, 0.717) is 22.2 Å². The lowest BCUT2D eigenvalue weighted by molar-refractivity contribution is -0.145. The average Bonchev–Trinajstić information content (AvgIpc) is 2.96. The first-order chi connectivity index (χ1) is 14.4. The van der Waals surface area contributed by atoms with E-state index in [1.807, 2.05) is 0 Å².